The predicted molar refractivity (Wildman–Crippen MR) is 65.9 cm³/mol. The highest BCUT2D eigenvalue weighted by atomic mass is 16.5. The van der Waals surface area contributed by atoms with E-state index in [4.69, 9.17) is 14.7 Å². The Kier molecular flexibility index (Phi) is 2.91. The van der Waals surface area contributed by atoms with Crippen LogP contribution in [0.5, 0.6) is 0 Å². The van der Waals surface area contributed by atoms with Gasteiger partial charge in [0, 0.05) is 12.0 Å². The summed E-state index contributed by atoms with van der Waals surface area (Å²) in [6.07, 6.45) is 5.78. The van der Waals surface area contributed by atoms with Crippen molar-refractivity contribution in [1.29, 1.82) is 0 Å². The van der Waals surface area contributed by atoms with Gasteiger partial charge in [-0.2, -0.15) is 4.98 Å². The van der Waals surface area contributed by atoms with Crippen molar-refractivity contribution in [3.05, 3.63) is 24.0 Å². The molecule has 0 amide bonds. The number of aryl methyl sites for hydroxylation is 1. The van der Waals surface area contributed by atoms with Gasteiger partial charge < -0.3 is 14.7 Å². The largest absolute Gasteiger partial charge is 0.469 e. The quantitative estimate of drug-likeness (QED) is 0.882. The molecule has 0 spiro atoms. The lowest BCUT2D eigenvalue weighted by atomic mass is 9.86. The second-order valence-electron chi connectivity index (χ2n) is 4.96. The molecule has 0 atom stereocenters. The molecule has 2 N–H and O–H groups in total. The number of hydrogen-bond donors (Lipinski definition) is 1. The molecular weight excluding hydrogens is 230 g/mol. The summed E-state index contributed by atoms with van der Waals surface area (Å²) in [5.74, 6) is 2.52. The highest BCUT2D eigenvalue weighted by Gasteiger charge is 2.25. The number of aromatic nitrogens is 2. The Bertz CT molecular complexity index is 524. The Balaban J connectivity index is 1.80. The van der Waals surface area contributed by atoms with Gasteiger partial charge in [-0.25, -0.2) is 0 Å². The Labute approximate surface area is 105 Å². The van der Waals surface area contributed by atoms with Crippen LogP contribution in [0.15, 0.2) is 21.3 Å². The number of nitrogens with zero attached hydrogens (tertiary/aromatic N) is 2. The van der Waals surface area contributed by atoms with Crippen LogP contribution in [0, 0.1) is 6.92 Å². The van der Waals surface area contributed by atoms with Crippen molar-refractivity contribution in [3.8, 4) is 11.4 Å². The third-order valence-corrected chi connectivity index (χ3v) is 3.66. The molecule has 5 heteroatoms. The second-order valence-corrected chi connectivity index (χ2v) is 4.96. The predicted octanol–water partition coefficient (Wildman–Crippen LogP) is 2.62. The first kappa shape index (κ1) is 11.5. The Morgan fingerprint density at radius 3 is 2.72 bits per heavy atom. The van der Waals surface area contributed by atoms with Crippen molar-refractivity contribution < 1.29 is 8.94 Å². The third kappa shape index (κ3) is 2.06. The minimum absolute atomic E-state index is 0.333. The van der Waals surface area contributed by atoms with Gasteiger partial charge in [0.05, 0.1) is 11.8 Å². The van der Waals surface area contributed by atoms with Crippen LogP contribution < -0.4 is 5.73 Å². The summed E-state index contributed by atoms with van der Waals surface area (Å²) >= 11 is 0. The monoisotopic (exact) mass is 247 g/mol. The van der Waals surface area contributed by atoms with E-state index in [1.165, 1.54) is 0 Å². The van der Waals surface area contributed by atoms with Crippen molar-refractivity contribution >= 4 is 0 Å². The number of furan rings is 1. The lowest BCUT2D eigenvalue weighted by Gasteiger charge is -2.22. The molecule has 0 unspecified atom stereocenters. The van der Waals surface area contributed by atoms with Crippen LogP contribution in [-0.2, 0) is 0 Å². The highest BCUT2D eigenvalue weighted by Crippen LogP contribution is 2.32. The van der Waals surface area contributed by atoms with E-state index in [1.807, 2.05) is 13.0 Å². The van der Waals surface area contributed by atoms with Crippen molar-refractivity contribution in [2.75, 3.05) is 0 Å². The van der Waals surface area contributed by atoms with E-state index in [9.17, 15) is 0 Å². The van der Waals surface area contributed by atoms with E-state index in [2.05, 4.69) is 10.1 Å². The average Bonchev–Trinajstić information content (AvgIpc) is 2.98. The zero-order chi connectivity index (χ0) is 12.5. The van der Waals surface area contributed by atoms with Gasteiger partial charge in [-0.1, -0.05) is 5.16 Å². The van der Waals surface area contributed by atoms with E-state index in [1.54, 1.807) is 6.26 Å². The molecule has 2 aromatic rings. The zero-order valence-electron chi connectivity index (χ0n) is 10.4. The van der Waals surface area contributed by atoms with Crippen LogP contribution >= 0.6 is 0 Å². The average molecular weight is 247 g/mol. The van der Waals surface area contributed by atoms with Crippen molar-refractivity contribution in [2.24, 2.45) is 5.73 Å². The Morgan fingerprint density at radius 1 is 1.28 bits per heavy atom. The summed E-state index contributed by atoms with van der Waals surface area (Å²) < 4.78 is 10.6. The van der Waals surface area contributed by atoms with Gasteiger partial charge in [-0.05, 0) is 38.7 Å². The maximum absolute atomic E-state index is 5.90. The molecular formula is C13H17N3O2. The van der Waals surface area contributed by atoms with Gasteiger partial charge in [-0.15, -0.1) is 0 Å². The molecule has 96 valence electrons. The summed E-state index contributed by atoms with van der Waals surface area (Å²) in [7, 11) is 0. The smallest absolute Gasteiger partial charge is 0.230 e. The molecule has 1 aliphatic rings. The fraction of sp³-hybridized carbons (Fsp3) is 0.538. The maximum atomic E-state index is 5.90. The number of hydrogen-bond acceptors (Lipinski definition) is 5. The first-order valence-corrected chi connectivity index (χ1v) is 6.37. The molecule has 5 nitrogen and oxygen atoms in total. The molecule has 0 saturated heterocycles. The molecule has 3 rings (SSSR count). The molecule has 2 heterocycles. The molecule has 1 fully saturated rings. The summed E-state index contributed by atoms with van der Waals surface area (Å²) in [6.45, 7) is 1.89. The van der Waals surface area contributed by atoms with Gasteiger partial charge in [-0.3, -0.25) is 0 Å². The molecule has 1 saturated carbocycles. The SMILES string of the molecule is Cc1occc1-c1noc(C2CCC(N)CC2)n1. The van der Waals surface area contributed by atoms with Crippen LogP contribution in [-0.4, -0.2) is 16.2 Å². The number of rotatable bonds is 2. The molecule has 2 aromatic heterocycles. The minimum atomic E-state index is 0.333. The van der Waals surface area contributed by atoms with Crippen molar-refractivity contribution in [2.45, 2.75) is 44.6 Å². The van der Waals surface area contributed by atoms with E-state index in [0.29, 0.717) is 17.8 Å². The Morgan fingerprint density at radius 2 is 2.06 bits per heavy atom. The zero-order valence-corrected chi connectivity index (χ0v) is 10.4. The van der Waals surface area contributed by atoms with Crippen LogP contribution in [0.25, 0.3) is 11.4 Å². The Hall–Kier alpha value is -1.62. The van der Waals surface area contributed by atoms with Crippen molar-refractivity contribution in [3.63, 3.8) is 0 Å². The van der Waals surface area contributed by atoms with Crippen LogP contribution in [0.3, 0.4) is 0 Å². The second kappa shape index (κ2) is 4.57. The van der Waals surface area contributed by atoms with Gasteiger partial charge in [0.15, 0.2) is 0 Å². The maximum Gasteiger partial charge on any atom is 0.230 e. The lowest BCUT2D eigenvalue weighted by Crippen LogP contribution is -2.25. The summed E-state index contributed by atoms with van der Waals surface area (Å²) in [5.41, 5.74) is 6.80. The van der Waals surface area contributed by atoms with Gasteiger partial charge in [0.25, 0.3) is 0 Å². The summed E-state index contributed by atoms with van der Waals surface area (Å²) in [4.78, 5) is 4.48. The molecule has 1 aliphatic carbocycles. The molecule has 0 aliphatic heterocycles. The summed E-state index contributed by atoms with van der Waals surface area (Å²) in [6, 6.07) is 2.19. The van der Waals surface area contributed by atoms with Crippen LogP contribution in [0.1, 0.15) is 43.3 Å². The lowest BCUT2D eigenvalue weighted by molar-refractivity contribution is 0.301. The highest BCUT2D eigenvalue weighted by molar-refractivity contribution is 5.56. The fourth-order valence-corrected chi connectivity index (χ4v) is 2.49. The van der Waals surface area contributed by atoms with Gasteiger partial charge >= 0.3 is 0 Å². The molecule has 0 bridgehead atoms. The minimum Gasteiger partial charge on any atom is -0.469 e. The molecule has 0 aromatic carbocycles. The van der Waals surface area contributed by atoms with E-state index in [-0.39, 0.29) is 0 Å². The van der Waals surface area contributed by atoms with Gasteiger partial charge in [0.2, 0.25) is 11.7 Å². The molecule has 18 heavy (non-hydrogen) atoms. The number of nitrogens with two attached hydrogens (primary N) is 1. The van der Waals surface area contributed by atoms with E-state index in [0.717, 1.165) is 42.9 Å². The fourth-order valence-electron chi connectivity index (χ4n) is 2.49. The first-order valence-electron chi connectivity index (χ1n) is 6.37. The van der Waals surface area contributed by atoms with E-state index >= 15 is 0 Å². The standard InChI is InChI=1S/C13H17N3O2/c1-8-11(6-7-17-8)12-15-13(18-16-12)9-2-4-10(14)5-3-9/h6-7,9-10H,2-5,14H2,1H3. The first-order chi connectivity index (χ1) is 8.74. The third-order valence-electron chi connectivity index (χ3n) is 3.66. The van der Waals surface area contributed by atoms with Crippen LogP contribution in [0.4, 0.5) is 0 Å². The van der Waals surface area contributed by atoms with E-state index < -0.39 is 0 Å². The van der Waals surface area contributed by atoms with Gasteiger partial charge in [0.1, 0.15) is 5.76 Å². The topological polar surface area (TPSA) is 78.1 Å². The summed E-state index contributed by atoms with van der Waals surface area (Å²) in [5, 5.41) is 4.04. The normalized spacial score (nSPS) is 24.3. The van der Waals surface area contributed by atoms with Crippen molar-refractivity contribution in [1.82, 2.24) is 10.1 Å². The molecule has 0 radical (unpaired) electrons. The van der Waals surface area contributed by atoms with Crippen LogP contribution in [0.2, 0.25) is 0 Å².